The number of carbonyl (C=O) groups excluding carboxylic acids is 3. The molecule has 136 valence electrons. The third kappa shape index (κ3) is 3.11. The van der Waals surface area contributed by atoms with Crippen LogP contribution in [-0.2, 0) is 14.4 Å². The Morgan fingerprint density at radius 1 is 1.23 bits per heavy atom. The van der Waals surface area contributed by atoms with Gasteiger partial charge in [0.25, 0.3) is 0 Å². The molecule has 1 N–H and O–H groups in total. The minimum absolute atomic E-state index is 0.0888. The summed E-state index contributed by atoms with van der Waals surface area (Å²) in [6.45, 7) is 2.11. The number of amides is 3. The van der Waals surface area contributed by atoms with Crippen LogP contribution in [0.4, 0.5) is 5.69 Å². The number of nitrogens with zero attached hydrogens (tertiary/aromatic N) is 2. The Labute approximate surface area is 155 Å². The fourth-order valence-electron chi connectivity index (χ4n) is 4.01. The zero-order chi connectivity index (χ0) is 18.3. The predicted molar refractivity (Wildman–Crippen MR) is 99.8 cm³/mol. The third-order valence-electron chi connectivity index (χ3n) is 5.27. The number of rotatable bonds is 4. The lowest BCUT2D eigenvalue weighted by molar-refractivity contribution is -0.140. The van der Waals surface area contributed by atoms with Crippen molar-refractivity contribution in [3.8, 4) is 0 Å². The van der Waals surface area contributed by atoms with Crippen LogP contribution in [0, 0.1) is 18.8 Å². The first-order valence-corrected chi connectivity index (χ1v) is 9.87. The van der Waals surface area contributed by atoms with E-state index >= 15 is 0 Å². The van der Waals surface area contributed by atoms with E-state index in [0.29, 0.717) is 5.69 Å². The molecule has 2 atom stereocenters. The van der Waals surface area contributed by atoms with Gasteiger partial charge in [-0.05, 0) is 38.0 Å². The number of anilines is 1. The van der Waals surface area contributed by atoms with E-state index in [2.05, 4.69) is 10.3 Å². The zero-order valence-electron chi connectivity index (χ0n) is 14.7. The van der Waals surface area contributed by atoms with Crippen LogP contribution >= 0.6 is 11.3 Å². The highest BCUT2D eigenvalue weighted by atomic mass is 32.1. The molecule has 6 nitrogen and oxygen atoms in total. The summed E-state index contributed by atoms with van der Waals surface area (Å²) in [5, 5.41) is 3.83. The second-order valence-corrected chi connectivity index (χ2v) is 8.27. The van der Waals surface area contributed by atoms with Gasteiger partial charge >= 0.3 is 0 Å². The first-order valence-electron chi connectivity index (χ1n) is 9.05. The summed E-state index contributed by atoms with van der Waals surface area (Å²) in [6.07, 6.45) is 3.73. The number of hydrogen-bond acceptors (Lipinski definition) is 5. The van der Waals surface area contributed by atoms with Crippen LogP contribution in [0.5, 0.6) is 0 Å². The van der Waals surface area contributed by atoms with Gasteiger partial charge < -0.3 is 5.32 Å². The molecule has 0 unspecified atom stereocenters. The SMILES string of the molecule is Cc1nc2ccc(NC(=O)CCN3C(=O)[C@H]4CCCC[C@H]4C3=O)cc2s1. The molecule has 7 heteroatoms. The standard InChI is InChI=1S/C19H21N3O3S/c1-11-20-15-7-6-12(10-16(15)26-11)21-17(23)8-9-22-18(24)13-4-2-3-5-14(13)19(22)25/h6-7,10,13-14H,2-5,8-9H2,1H3,(H,21,23)/t13-,14+. The van der Waals surface area contributed by atoms with Gasteiger partial charge in [0.2, 0.25) is 17.7 Å². The van der Waals surface area contributed by atoms with Crippen molar-refractivity contribution in [3.05, 3.63) is 23.2 Å². The van der Waals surface area contributed by atoms with E-state index in [1.165, 1.54) is 4.90 Å². The molecule has 1 saturated carbocycles. The zero-order valence-corrected chi connectivity index (χ0v) is 15.5. The molecule has 2 fully saturated rings. The summed E-state index contributed by atoms with van der Waals surface area (Å²) >= 11 is 1.58. The van der Waals surface area contributed by atoms with Gasteiger partial charge in [0, 0.05) is 18.7 Å². The highest BCUT2D eigenvalue weighted by Crippen LogP contribution is 2.38. The second kappa shape index (κ2) is 6.79. The van der Waals surface area contributed by atoms with Gasteiger partial charge in [0.1, 0.15) is 0 Å². The lowest BCUT2D eigenvalue weighted by Gasteiger charge is -2.19. The normalized spacial score (nSPS) is 22.7. The molecule has 2 aliphatic rings. The first-order chi connectivity index (χ1) is 12.5. The van der Waals surface area contributed by atoms with Crippen molar-refractivity contribution >= 4 is 45.0 Å². The van der Waals surface area contributed by atoms with Gasteiger partial charge in [-0.15, -0.1) is 11.3 Å². The van der Waals surface area contributed by atoms with Crippen LogP contribution in [0.15, 0.2) is 18.2 Å². The molecule has 1 aromatic heterocycles. The quantitative estimate of drug-likeness (QED) is 0.838. The summed E-state index contributed by atoms with van der Waals surface area (Å²) in [5.74, 6) is -0.684. The molecule has 4 rings (SSSR count). The molecule has 2 heterocycles. The van der Waals surface area contributed by atoms with Crippen LogP contribution in [-0.4, -0.2) is 34.2 Å². The van der Waals surface area contributed by atoms with Crippen molar-refractivity contribution in [2.24, 2.45) is 11.8 Å². The number of nitrogens with one attached hydrogen (secondary N) is 1. The van der Waals surface area contributed by atoms with Crippen LogP contribution in [0.25, 0.3) is 10.2 Å². The average molecular weight is 371 g/mol. The Kier molecular flexibility index (Phi) is 4.48. The number of imide groups is 1. The second-order valence-electron chi connectivity index (χ2n) is 7.04. The van der Waals surface area contributed by atoms with Gasteiger partial charge in [-0.2, -0.15) is 0 Å². The summed E-state index contributed by atoms with van der Waals surface area (Å²) < 4.78 is 1.02. The summed E-state index contributed by atoms with van der Waals surface area (Å²) in [4.78, 5) is 42.8. The maximum absolute atomic E-state index is 12.4. The Bertz CT molecular complexity index is 867. The number of aromatic nitrogens is 1. The molecule has 1 saturated heterocycles. The van der Waals surface area contributed by atoms with Gasteiger partial charge in [0.05, 0.1) is 27.1 Å². The van der Waals surface area contributed by atoms with Crippen molar-refractivity contribution in [1.82, 2.24) is 9.88 Å². The Morgan fingerprint density at radius 3 is 2.62 bits per heavy atom. The number of benzene rings is 1. The molecule has 26 heavy (non-hydrogen) atoms. The van der Waals surface area contributed by atoms with Crippen molar-refractivity contribution in [1.29, 1.82) is 0 Å². The molecule has 0 radical (unpaired) electrons. The van der Waals surface area contributed by atoms with E-state index in [4.69, 9.17) is 0 Å². The molecular formula is C19H21N3O3S. The van der Waals surface area contributed by atoms with Crippen molar-refractivity contribution in [2.75, 3.05) is 11.9 Å². The van der Waals surface area contributed by atoms with Crippen molar-refractivity contribution < 1.29 is 14.4 Å². The van der Waals surface area contributed by atoms with Crippen LogP contribution in [0.3, 0.4) is 0 Å². The monoisotopic (exact) mass is 371 g/mol. The van der Waals surface area contributed by atoms with E-state index in [9.17, 15) is 14.4 Å². The minimum atomic E-state index is -0.193. The third-order valence-corrected chi connectivity index (χ3v) is 6.21. The summed E-state index contributed by atoms with van der Waals surface area (Å²) in [6, 6.07) is 5.60. The molecule has 1 aliphatic heterocycles. The van der Waals surface area contributed by atoms with Gasteiger partial charge in [-0.3, -0.25) is 19.3 Å². The Hall–Kier alpha value is -2.28. The molecule has 2 aromatic rings. The average Bonchev–Trinajstić information content (AvgIpc) is 3.11. The van der Waals surface area contributed by atoms with Gasteiger partial charge in [-0.1, -0.05) is 12.8 Å². The van der Waals surface area contributed by atoms with E-state index < -0.39 is 0 Å². The lowest BCUT2D eigenvalue weighted by atomic mass is 9.81. The number of fused-ring (bicyclic) bond motifs is 2. The molecule has 1 aromatic carbocycles. The highest BCUT2D eigenvalue weighted by Gasteiger charge is 2.47. The maximum atomic E-state index is 12.4. The van der Waals surface area contributed by atoms with E-state index in [1.54, 1.807) is 11.3 Å². The number of carbonyl (C=O) groups is 3. The van der Waals surface area contributed by atoms with Gasteiger partial charge in [0.15, 0.2) is 0 Å². The van der Waals surface area contributed by atoms with Crippen molar-refractivity contribution in [3.63, 3.8) is 0 Å². The Morgan fingerprint density at radius 2 is 1.92 bits per heavy atom. The molecular weight excluding hydrogens is 350 g/mol. The Balaban J connectivity index is 1.37. The van der Waals surface area contributed by atoms with Crippen LogP contribution < -0.4 is 5.32 Å². The largest absolute Gasteiger partial charge is 0.326 e. The maximum Gasteiger partial charge on any atom is 0.233 e. The summed E-state index contributed by atoms with van der Waals surface area (Å²) in [7, 11) is 0. The number of likely N-dealkylation sites (tertiary alicyclic amines) is 1. The molecule has 0 spiro atoms. The fourth-order valence-corrected chi connectivity index (χ4v) is 4.87. The molecule has 3 amide bonds. The first kappa shape index (κ1) is 17.1. The van der Waals surface area contributed by atoms with E-state index in [1.807, 2.05) is 25.1 Å². The summed E-state index contributed by atoms with van der Waals surface area (Å²) in [5.41, 5.74) is 1.63. The fraction of sp³-hybridized carbons (Fsp3) is 0.474. The van der Waals surface area contributed by atoms with Crippen LogP contribution in [0.1, 0.15) is 37.1 Å². The van der Waals surface area contributed by atoms with Crippen LogP contribution in [0.2, 0.25) is 0 Å². The van der Waals surface area contributed by atoms with E-state index in [0.717, 1.165) is 40.9 Å². The predicted octanol–water partition coefficient (Wildman–Crippen LogP) is 3.11. The van der Waals surface area contributed by atoms with Gasteiger partial charge in [-0.25, -0.2) is 4.98 Å². The minimum Gasteiger partial charge on any atom is -0.326 e. The topological polar surface area (TPSA) is 79.4 Å². The van der Waals surface area contributed by atoms with Crippen molar-refractivity contribution in [2.45, 2.75) is 39.0 Å². The smallest absolute Gasteiger partial charge is 0.233 e. The number of hydrogen-bond donors (Lipinski definition) is 1. The molecule has 1 aliphatic carbocycles. The molecule has 0 bridgehead atoms. The van der Waals surface area contributed by atoms with E-state index in [-0.39, 0.29) is 42.5 Å². The number of thiazole rings is 1. The number of aryl methyl sites for hydroxylation is 1. The highest BCUT2D eigenvalue weighted by molar-refractivity contribution is 7.18. The lowest BCUT2D eigenvalue weighted by Crippen LogP contribution is -2.34.